The number of aliphatic carboxylic acids is 1. The molecule has 8 N–H and O–H groups in total. The van der Waals surface area contributed by atoms with Gasteiger partial charge in [-0.1, -0.05) is 17.3 Å². The van der Waals surface area contributed by atoms with Crippen molar-refractivity contribution in [1.29, 1.82) is 0 Å². The summed E-state index contributed by atoms with van der Waals surface area (Å²) in [7, 11) is -4.99. The highest BCUT2D eigenvalue weighted by Gasteiger charge is 2.57. The predicted molar refractivity (Wildman–Crippen MR) is 163 cm³/mol. The van der Waals surface area contributed by atoms with E-state index in [0.717, 1.165) is 23.3 Å². The van der Waals surface area contributed by atoms with Gasteiger partial charge in [0, 0.05) is 30.1 Å². The fraction of sp³-hybridized carbons (Fsp3) is 0.385. The van der Waals surface area contributed by atoms with Crippen LogP contribution in [-0.2, 0) is 40.4 Å². The number of carboxylic acid groups (broad SMARTS) is 1. The van der Waals surface area contributed by atoms with Crippen molar-refractivity contribution in [3.63, 3.8) is 0 Å². The number of thiazole rings is 1. The Labute approximate surface area is 266 Å². The first kappa shape index (κ1) is 34.2. The molecule has 3 heterocycles. The standard InChI is InChI=1S/C26H32N8O10S2/c1-26(2)17(23(36)34(26)44-46(39,40)41)10-19(35)21(18-13-45-25(29)30-18)32-43-20(24(37)38)12-42-15-6-4-14(5-7-15)16-11-33(9-3-8-27)31-22(16)28/h4-7,11,13,17,20H,3,8-10,12,27H2,1-2H3,(H2,28,31)(H2,29,30)(H,37,38)(H,39,40,41)/b32-21-/t17?,20-/m0/s1. The number of nitrogens with two attached hydrogens (primary N) is 3. The number of amides is 1. The first-order valence-electron chi connectivity index (χ1n) is 13.6. The van der Waals surface area contributed by atoms with Crippen LogP contribution in [0.15, 0.2) is 41.0 Å². The van der Waals surface area contributed by atoms with Crippen LogP contribution in [0.2, 0.25) is 0 Å². The molecule has 0 spiro atoms. The molecule has 1 fully saturated rings. The number of rotatable bonds is 16. The van der Waals surface area contributed by atoms with Crippen LogP contribution in [0.25, 0.3) is 11.1 Å². The molecule has 18 nitrogen and oxygen atoms in total. The van der Waals surface area contributed by atoms with Crippen molar-refractivity contribution in [2.45, 2.75) is 44.9 Å². The molecule has 4 rings (SSSR count). The van der Waals surface area contributed by atoms with Crippen molar-refractivity contribution >= 4 is 56.1 Å². The van der Waals surface area contributed by atoms with Crippen molar-refractivity contribution in [3.05, 3.63) is 41.5 Å². The molecule has 2 aromatic heterocycles. The quantitative estimate of drug-likeness (QED) is 0.0603. The normalized spacial score (nSPS) is 17.0. The summed E-state index contributed by atoms with van der Waals surface area (Å²) in [5, 5.41) is 19.7. The molecular weight excluding hydrogens is 648 g/mol. The van der Waals surface area contributed by atoms with E-state index < -0.39 is 64.4 Å². The number of nitrogens with zero attached hydrogens (tertiary/aromatic N) is 5. The van der Waals surface area contributed by atoms with Crippen LogP contribution in [0.1, 0.15) is 32.4 Å². The maximum absolute atomic E-state index is 13.3. The zero-order chi connectivity index (χ0) is 33.8. The lowest BCUT2D eigenvalue weighted by Gasteiger charge is -2.50. The van der Waals surface area contributed by atoms with E-state index in [9.17, 15) is 27.9 Å². The summed E-state index contributed by atoms with van der Waals surface area (Å²) >= 11 is 0.978. The van der Waals surface area contributed by atoms with E-state index in [-0.39, 0.29) is 10.8 Å². The Bertz CT molecular complexity index is 1740. The van der Waals surface area contributed by atoms with Crippen LogP contribution in [0.5, 0.6) is 5.75 Å². The summed E-state index contributed by atoms with van der Waals surface area (Å²) in [6.45, 7) is 3.46. The van der Waals surface area contributed by atoms with Gasteiger partial charge in [0.2, 0.25) is 0 Å². The van der Waals surface area contributed by atoms with Gasteiger partial charge in [0.25, 0.3) is 12.0 Å². The number of β-lactam (4-membered cyclic amide) rings is 1. The second-order valence-corrected chi connectivity index (χ2v) is 12.5. The van der Waals surface area contributed by atoms with Gasteiger partial charge in [-0.05, 0) is 44.5 Å². The molecule has 0 aliphatic carbocycles. The molecule has 0 radical (unpaired) electrons. The Balaban J connectivity index is 1.45. The highest BCUT2D eigenvalue weighted by atomic mass is 32.3. The number of carbonyl (C=O) groups excluding carboxylic acids is 2. The number of nitrogen functional groups attached to an aromatic ring is 2. The van der Waals surface area contributed by atoms with Gasteiger partial charge in [0.05, 0.1) is 11.5 Å². The summed E-state index contributed by atoms with van der Waals surface area (Å²) in [5.41, 5.74) is 17.0. The molecule has 20 heteroatoms. The number of oxime groups is 1. The van der Waals surface area contributed by atoms with E-state index in [2.05, 4.69) is 19.5 Å². The molecule has 1 aliphatic heterocycles. The lowest BCUT2D eigenvalue weighted by atomic mass is 9.74. The Hall–Kier alpha value is -4.63. The number of hydrogen-bond donors (Lipinski definition) is 5. The number of hydroxylamine groups is 2. The fourth-order valence-electron chi connectivity index (χ4n) is 4.48. The summed E-state index contributed by atoms with van der Waals surface area (Å²) in [6.07, 6.45) is 0.362. The Kier molecular flexibility index (Phi) is 10.3. The number of ether oxygens (including phenoxy) is 1. The third kappa shape index (κ3) is 7.95. The van der Waals surface area contributed by atoms with Crippen molar-refractivity contribution < 1.29 is 46.3 Å². The van der Waals surface area contributed by atoms with Gasteiger partial charge in [-0.2, -0.15) is 18.6 Å². The molecule has 1 unspecified atom stereocenters. The van der Waals surface area contributed by atoms with Crippen molar-refractivity contribution in [3.8, 4) is 16.9 Å². The topological polar surface area (TPSA) is 278 Å². The van der Waals surface area contributed by atoms with Crippen LogP contribution >= 0.6 is 11.3 Å². The first-order valence-corrected chi connectivity index (χ1v) is 15.8. The number of benzene rings is 1. The smallest absolute Gasteiger partial charge is 0.418 e. The highest BCUT2D eigenvalue weighted by molar-refractivity contribution is 7.80. The van der Waals surface area contributed by atoms with Gasteiger partial charge in [-0.25, -0.2) is 9.78 Å². The van der Waals surface area contributed by atoms with Crippen LogP contribution in [-0.4, -0.2) is 86.1 Å². The average Bonchev–Trinajstić information content (AvgIpc) is 3.59. The lowest BCUT2D eigenvalue weighted by Crippen LogP contribution is -2.68. The second-order valence-electron chi connectivity index (χ2n) is 10.6. The maximum atomic E-state index is 13.3. The second kappa shape index (κ2) is 13.8. The number of carbonyl (C=O) groups is 3. The summed E-state index contributed by atoms with van der Waals surface area (Å²) in [4.78, 5) is 47.0. The van der Waals surface area contributed by atoms with Gasteiger partial charge in [0.15, 0.2) is 22.4 Å². The molecule has 46 heavy (non-hydrogen) atoms. The number of Topliss-reactive ketones (excluding diaryl/α,β-unsaturated/α-hetero) is 1. The zero-order valence-electron chi connectivity index (χ0n) is 24.6. The average molecular weight is 681 g/mol. The molecule has 3 aromatic rings. The van der Waals surface area contributed by atoms with Gasteiger partial charge in [-0.3, -0.25) is 18.8 Å². The molecule has 1 saturated heterocycles. The van der Waals surface area contributed by atoms with Crippen molar-refractivity contribution in [2.75, 3.05) is 24.6 Å². The van der Waals surface area contributed by atoms with Crippen LogP contribution in [0, 0.1) is 5.92 Å². The van der Waals surface area contributed by atoms with E-state index in [1.165, 1.54) is 19.2 Å². The summed E-state index contributed by atoms with van der Waals surface area (Å²) in [5.74, 6) is -3.56. The zero-order valence-corrected chi connectivity index (χ0v) is 26.2. The molecule has 1 aromatic carbocycles. The third-order valence-corrected chi connectivity index (χ3v) is 7.97. The van der Waals surface area contributed by atoms with E-state index in [1.807, 2.05) is 0 Å². The Morgan fingerprint density at radius 1 is 1.22 bits per heavy atom. The number of carboxylic acids is 1. The van der Waals surface area contributed by atoms with Crippen LogP contribution in [0.4, 0.5) is 10.9 Å². The largest absolute Gasteiger partial charge is 0.489 e. The molecule has 248 valence electrons. The summed E-state index contributed by atoms with van der Waals surface area (Å²) in [6, 6.07) is 6.65. The minimum atomic E-state index is -4.99. The maximum Gasteiger partial charge on any atom is 0.418 e. The minimum Gasteiger partial charge on any atom is -0.489 e. The Morgan fingerprint density at radius 3 is 2.48 bits per heavy atom. The molecule has 2 atom stereocenters. The first-order chi connectivity index (χ1) is 21.6. The van der Waals surface area contributed by atoms with Crippen LogP contribution < -0.4 is 21.9 Å². The third-order valence-electron chi connectivity index (χ3n) is 6.96. The van der Waals surface area contributed by atoms with Crippen molar-refractivity contribution in [2.24, 2.45) is 16.8 Å². The van der Waals surface area contributed by atoms with Gasteiger partial charge in [-0.15, -0.1) is 15.6 Å². The van der Waals surface area contributed by atoms with Gasteiger partial charge >= 0.3 is 16.4 Å². The van der Waals surface area contributed by atoms with Crippen LogP contribution in [0.3, 0.4) is 0 Å². The van der Waals surface area contributed by atoms with E-state index in [1.54, 1.807) is 35.1 Å². The van der Waals surface area contributed by atoms with E-state index in [0.29, 0.717) is 35.3 Å². The molecular formula is C26H32N8O10S2. The molecule has 1 aliphatic rings. The number of aromatic nitrogens is 3. The van der Waals surface area contributed by atoms with E-state index >= 15 is 0 Å². The van der Waals surface area contributed by atoms with Gasteiger partial charge < -0.3 is 31.9 Å². The minimum absolute atomic E-state index is 0.0330. The highest BCUT2D eigenvalue weighted by Crippen LogP contribution is 2.40. The number of ketones is 1. The number of hydrogen-bond acceptors (Lipinski definition) is 15. The molecule has 0 bridgehead atoms. The number of aryl methyl sites for hydroxylation is 1. The summed E-state index contributed by atoms with van der Waals surface area (Å²) < 4.78 is 42.8. The van der Waals surface area contributed by atoms with Gasteiger partial charge in [0.1, 0.15) is 18.1 Å². The number of anilines is 2. The predicted octanol–water partition coefficient (Wildman–Crippen LogP) is 0.703. The lowest BCUT2D eigenvalue weighted by molar-refractivity contribution is -0.228. The Morgan fingerprint density at radius 2 is 1.91 bits per heavy atom. The molecule has 0 saturated carbocycles. The van der Waals surface area contributed by atoms with E-state index in [4.69, 9.17) is 31.3 Å². The SMILES string of the molecule is CC1(C)C(CC(=O)/C(=N\O[C@@H](COc2ccc(-c3cn(CCCN)nc3N)cc2)C(=O)O)c2csc(N)n2)C(=O)N1OS(=O)(=O)O. The monoisotopic (exact) mass is 680 g/mol. The fourth-order valence-corrected chi connectivity index (χ4v) is 5.48. The molecule has 1 amide bonds. The van der Waals surface area contributed by atoms with Crippen molar-refractivity contribution in [1.82, 2.24) is 19.8 Å².